The Morgan fingerprint density at radius 3 is 3.15 bits per heavy atom. The lowest BCUT2D eigenvalue weighted by Gasteiger charge is -2.14. The molecule has 0 spiro atoms. The molecule has 1 aliphatic heterocycles. The van der Waals surface area contributed by atoms with Crippen LogP contribution in [0.5, 0.6) is 0 Å². The van der Waals surface area contributed by atoms with Gasteiger partial charge in [-0.3, -0.25) is 4.68 Å². The van der Waals surface area contributed by atoms with Crippen molar-refractivity contribution in [3.63, 3.8) is 0 Å². The van der Waals surface area contributed by atoms with Gasteiger partial charge in [0.1, 0.15) is 0 Å². The van der Waals surface area contributed by atoms with E-state index < -0.39 is 0 Å². The van der Waals surface area contributed by atoms with Gasteiger partial charge in [-0.2, -0.15) is 5.10 Å². The maximum atomic E-state index is 4.50. The molecule has 3 nitrogen and oxygen atoms in total. The summed E-state index contributed by atoms with van der Waals surface area (Å²) in [4.78, 5) is 1.44. The number of fused-ring (bicyclic) bond motifs is 1. The van der Waals surface area contributed by atoms with Crippen molar-refractivity contribution in [2.75, 3.05) is 12.3 Å². The standard InChI is InChI=1S/C16H21N3S/c1-2-8-17-10-14-7-9-18-19(14)11-13-12-20-16-6-4-3-5-15(13)16/h3-7,9,13,17H,2,8,10-12H2,1H3. The first-order valence-corrected chi connectivity index (χ1v) is 8.30. The maximum absolute atomic E-state index is 4.50. The number of hydrogen-bond donors (Lipinski definition) is 1. The van der Waals surface area contributed by atoms with E-state index in [1.807, 2.05) is 18.0 Å². The topological polar surface area (TPSA) is 29.9 Å². The minimum absolute atomic E-state index is 0.584. The molecule has 1 unspecified atom stereocenters. The third-order valence-electron chi connectivity index (χ3n) is 3.73. The van der Waals surface area contributed by atoms with Crippen LogP contribution in [-0.2, 0) is 13.1 Å². The second kappa shape index (κ2) is 6.46. The molecule has 2 heterocycles. The molecule has 2 aromatic rings. The van der Waals surface area contributed by atoms with E-state index in [9.17, 15) is 0 Å². The summed E-state index contributed by atoms with van der Waals surface area (Å²) < 4.78 is 2.16. The lowest BCUT2D eigenvalue weighted by atomic mass is 10.0. The third-order valence-corrected chi connectivity index (χ3v) is 4.98. The van der Waals surface area contributed by atoms with Gasteiger partial charge in [0.2, 0.25) is 0 Å². The Bertz CT molecular complexity index is 564. The molecule has 1 N–H and O–H groups in total. The van der Waals surface area contributed by atoms with Crippen molar-refractivity contribution in [2.24, 2.45) is 0 Å². The van der Waals surface area contributed by atoms with Gasteiger partial charge in [-0.05, 0) is 30.7 Å². The van der Waals surface area contributed by atoms with Crippen molar-refractivity contribution in [2.45, 2.75) is 37.2 Å². The second-order valence-corrected chi connectivity index (χ2v) is 6.29. The first-order chi connectivity index (χ1) is 9.88. The molecule has 0 bridgehead atoms. The molecule has 3 rings (SSSR count). The van der Waals surface area contributed by atoms with Crippen LogP contribution in [0, 0.1) is 0 Å². The molecular formula is C16H21N3S. The first kappa shape index (κ1) is 13.7. The Morgan fingerprint density at radius 1 is 1.35 bits per heavy atom. The van der Waals surface area contributed by atoms with Gasteiger partial charge in [0.25, 0.3) is 0 Å². The van der Waals surface area contributed by atoms with Gasteiger partial charge in [0.05, 0.1) is 5.69 Å². The number of benzene rings is 1. The molecule has 0 saturated carbocycles. The van der Waals surface area contributed by atoms with Gasteiger partial charge in [0.15, 0.2) is 0 Å². The zero-order chi connectivity index (χ0) is 13.8. The van der Waals surface area contributed by atoms with Crippen molar-refractivity contribution in [3.05, 3.63) is 47.8 Å². The van der Waals surface area contributed by atoms with Crippen molar-refractivity contribution < 1.29 is 0 Å². The van der Waals surface area contributed by atoms with Crippen LogP contribution in [0.3, 0.4) is 0 Å². The molecule has 1 aliphatic rings. The van der Waals surface area contributed by atoms with E-state index >= 15 is 0 Å². The van der Waals surface area contributed by atoms with E-state index in [0.717, 1.165) is 19.6 Å². The molecule has 0 fully saturated rings. The Kier molecular flexibility index (Phi) is 4.43. The van der Waals surface area contributed by atoms with Crippen molar-refractivity contribution in [1.82, 2.24) is 15.1 Å². The fourth-order valence-electron chi connectivity index (χ4n) is 2.66. The Labute approximate surface area is 124 Å². The summed E-state index contributed by atoms with van der Waals surface area (Å²) in [6, 6.07) is 10.9. The fourth-order valence-corrected chi connectivity index (χ4v) is 3.90. The largest absolute Gasteiger partial charge is 0.311 e. The Balaban J connectivity index is 1.69. The summed E-state index contributed by atoms with van der Waals surface area (Å²) in [7, 11) is 0. The van der Waals surface area contributed by atoms with E-state index in [4.69, 9.17) is 0 Å². The van der Waals surface area contributed by atoms with E-state index in [2.05, 4.69) is 52.4 Å². The van der Waals surface area contributed by atoms with Gasteiger partial charge in [-0.1, -0.05) is 25.1 Å². The van der Waals surface area contributed by atoms with Gasteiger partial charge in [-0.15, -0.1) is 11.8 Å². The number of rotatable bonds is 6. The number of hydrogen-bond acceptors (Lipinski definition) is 3. The van der Waals surface area contributed by atoms with E-state index in [1.54, 1.807) is 0 Å². The third kappa shape index (κ3) is 2.91. The zero-order valence-electron chi connectivity index (χ0n) is 11.9. The minimum Gasteiger partial charge on any atom is -0.311 e. The molecule has 0 aliphatic carbocycles. The van der Waals surface area contributed by atoms with Gasteiger partial charge in [0, 0.05) is 35.9 Å². The normalized spacial score (nSPS) is 17.4. The zero-order valence-corrected chi connectivity index (χ0v) is 12.7. The van der Waals surface area contributed by atoms with Gasteiger partial charge in [-0.25, -0.2) is 0 Å². The van der Waals surface area contributed by atoms with E-state index in [-0.39, 0.29) is 0 Å². The molecule has 1 atom stereocenters. The Hall–Kier alpha value is -1.26. The lowest BCUT2D eigenvalue weighted by Crippen LogP contribution is -2.19. The Morgan fingerprint density at radius 2 is 2.25 bits per heavy atom. The highest BCUT2D eigenvalue weighted by molar-refractivity contribution is 7.99. The molecule has 0 saturated heterocycles. The summed E-state index contributed by atoms with van der Waals surface area (Å²) in [6.07, 6.45) is 3.08. The van der Waals surface area contributed by atoms with E-state index in [0.29, 0.717) is 5.92 Å². The first-order valence-electron chi connectivity index (χ1n) is 7.31. The van der Waals surface area contributed by atoms with Crippen LogP contribution < -0.4 is 5.32 Å². The maximum Gasteiger partial charge on any atom is 0.0522 e. The monoisotopic (exact) mass is 287 g/mol. The average molecular weight is 287 g/mol. The lowest BCUT2D eigenvalue weighted by molar-refractivity contribution is 0.513. The molecule has 4 heteroatoms. The number of nitrogens with zero attached hydrogens (tertiary/aromatic N) is 2. The molecule has 0 amide bonds. The highest BCUT2D eigenvalue weighted by Gasteiger charge is 2.23. The second-order valence-electron chi connectivity index (χ2n) is 5.23. The molecule has 106 valence electrons. The predicted molar refractivity (Wildman–Crippen MR) is 84.1 cm³/mol. The minimum atomic E-state index is 0.584. The van der Waals surface area contributed by atoms with Crippen LogP contribution in [-0.4, -0.2) is 22.1 Å². The molecule has 0 radical (unpaired) electrons. The SMILES string of the molecule is CCCNCc1ccnn1CC1CSc2ccccc21. The summed E-state index contributed by atoms with van der Waals surface area (Å²) in [6.45, 7) is 5.15. The van der Waals surface area contributed by atoms with E-state index in [1.165, 1.54) is 28.3 Å². The highest BCUT2D eigenvalue weighted by atomic mass is 32.2. The van der Waals surface area contributed by atoms with Gasteiger partial charge >= 0.3 is 0 Å². The van der Waals surface area contributed by atoms with Crippen LogP contribution in [0.15, 0.2) is 41.4 Å². The van der Waals surface area contributed by atoms with Crippen LogP contribution in [0.1, 0.15) is 30.5 Å². The van der Waals surface area contributed by atoms with Crippen molar-refractivity contribution in [1.29, 1.82) is 0 Å². The smallest absolute Gasteiger partial charge is 0.0522 e. The highest BCUT2D eigenvalue weighted by Crippen LogP contribution is 2.40. The summed E-state index contributed by atoms with van der Waals surface area (Å²) in [5.74, 6) is 1.75. The van der Waals surface area contributed by atoms with Crippen molar-refractivity contribution in [3.8, 4) is 0 Å². The van der Waals surface area contributed by atoms with Crippen molar-refractivity contribution >= 4 is 11.8 Å². The average Bonchev–Trinajstić information content (AvgIpc) is 3.08. The van der Waals surface area contributed by atoms with Crippen LogP contribution in [0.4, 0.5) is 0 Å². The number of thioether (sulfide) groups is 1. The molecule has 1 aromatic carbocycles. The molecule has 20 heavy (non-hydrogen) atoms. The quantitative estimate of drug-likeness (QED) is 0.827. The molecule has 1 aromatic heterocycles. The predicted octanol–water partition coefficient (Wildman–Crippen LogP) is 3.27. The number of aromatic nitrogens is 2. The summed E-state index contributed by atoms with van der Waals surface area (Å²) >= 11 is 1.97. The van der Waals surface area contributed by atoms with Crippen LogP contribution in [0.2, 0.25) is 0 Å². The van der Waals surface area contributed by atoms with Gasteiger partial charge < -0.3 is 5.32 Å². The van der Waals surface area contributed by atoms with Crippen LogP contribution >= 0.6 is 11.8 Å². The number of nitrogens with one attached hydrogen (secondary N) is 1. The summed E-state index contributed by atoms with van der Waals surface area (Å²) in [5, 5.41) is 7.95. The summed E-state index contributed by atoms with van der Waals surface area (Å²) in [5.41, 5.74) is 2.77. The van der Waals surface area contributed by atoms with Crippen LogP contribution in [0.25, 0.3) is 0 Å². The fraction of sp³-hybridized carbons (Fsp3) is 0.438. The molecular weight excluding hydrogens is 266 g/mol.